The Morgan fingerprint density at radius 1 is 1.08 bits per heavy atom. The second kappa shape index (κ2) is 3.42. The second-order valence-corrected chi connectivity index (χ2v) is 2.65. The first-order valence-electron chi connectivity index (χ1n) is 3.70. The summed E-state index contributed by atoms with van der Waals surface area (Å²) in [6, 6.07) is 0. The van der Waals surface area contributed by atoms with Crippen LogP contribution in [0.5, 0.6) is 0 Å². The third-order valence-electron chi connectivity index (χ3n) is 1.90. The van der Waals surface area contributed by atoms with Crippen LogP contribution < -0.4 is 0 Å². The Balaban J connectivity index is 2.39. The van der Waals surface area contributed by atoms with E-state index in [2.05, 4.69) is 6.92 Å². The van der Waals surface area contributed by atoms with Gasteiger partial charge in [-0.25, -0.2) is 4.79 Å². The van der Waals surface area contributed by atoms with Crippen molar-refractivity contribution in [3.8, 4) is 0 Å². The lowest BCUT2D eigenvalue weighted by Crippen LogP contribution is -2.49. The second-order valence-electron chi connectivity index (χ2n) is 2.65. The molecule has 1 aliphatic rings. The molecule has 5 heteroatoms. The van der Waals surface area contributed by atoms with E-state index in [1.54, 1.807) is 4.90 Å². The molecule has 0 atom stereocenters. The van der Waals surface area contributed by atoms with Crippen LogP contribution in [0, 0.1) is 6.92 Å². The van der Waals surface area contributed by atoms with Crippen LogP contribution in [-0.2, 0) is 4.79 Å². The van der Waals surface area contributed by atoms with E-state index in [9.17, 15) is 9.59 Å². The summed E-state index contributed by atoms with van der Waals surface area (Å²) in [5, 5.41) is 8.57. The van der Waals surface area contributed by atoms with E-state index in [4.69, 9.17) is 5.11 Å². The Hall–Kier alpha value is -1.26. The standard InChI is InChI=1S/C7H11N2O3/c1-6(10)8-2-4-9(5-3-8)7(11)12/h1-5H2,(H,11,12). The molecule has 0 bridgehead atoms. The molecule has 1 rings (SSSR count). The predicted octanol–water partition coefficient (Wildman–Crippen LogP) is -0.357. The molecule has 1 N–H and O–H groups in total. The number of nitrogens with zero attached hydrogens (tertiary/aromatic N) is 2. The molecule has 67 valence electrons. The Morgan fingerprint density at radius 3 is 1.83 bits per heavy atom. The van der Waals surface area contributed by atoms with Crippen LogP contribution in [0.1, 0.15) is 0 Å². The van der Waals surface area contributed by atoms with E-state index >= 15 is 0 Å². The van der Waals surface area contributed by atoms with Crippen molar-refractivity contribution in [2.75, 3.05) is 26.2 Å². The van der Waals surface area contributed by atoms with Gasteiger partial charge in [0.15, 0.2) is 0 Å². The van der Waals surface area contributed by atoms with E-state index in [0.717, 1.165) is 0 Å². The highest BCUT2D eigenvalue weighted by molar-refractivity contribution is 5.80. The number of carboxylic acid groups (broad SMARTS) is 1. The lowest BCUT2D eigenvalue weighted by Gasteiger charge is -2.32. The van der Waals surface area contributed by atoms with Gasteiger partial charge in [-0.15, -0.1) is 0 Å². The van der Waals surface area contributed by atoms with Gasteiger partial charge in [0.25, 0.3) is 0 Å². The topological polar surface area (TPSA) is 60.9 Å². The first-order valence-corrected chi connectivity index (χ1v) is 3.70. The van der Waals surface area contributed by atoms with Gasteiger partial charge < -0.3 is 14.9 Å². The molecule has 1 fully saturated rings. The molecule has 0 unspecified atom stereocenters. The highest BCUT2D eigenvalue weighted by atomic mass is 16.4. The maximum absolute atomic E-state index is 10.7. The van der Waals surface area contributed by atoms with Crippen molar-refractivity contribution in [1.82, 2.24) is 9.80 Å². The van der Waals surface area contributed by atoms with Gasteiger partial charge >= 0.3 is 6.09 Å². The van der Waals surface area contributed by atoms with Gasteiger partial charge in [0, 0.05) is 33.1 Å². The molecule has 1 aliphatic heterocycles. The number of amides is 2. The van der Waals surface area contributed by atoms with E-state index in [1.807, 2.05) is 0 Å². The normalized spacial score (nSPS) is 17.8. The van der Waals surface area contributed by atoms with Gasteiger partial charge in [0.2, 0.25) is 5.91 Å². The van der Waals surface area contributed by atoms with Crippen LogP contribution in [0.25, 0.3) is 0 Å². The maximum atomic E-state index is 10.7. The number of carbonyl (C=O) groups excluding carboxylic acids is 1. The number of hydrogen-bond donors (Lipinski definition) is 1. The van der Waals surface area contributed by atoms with E-state index < -0.39 is 6.09 Å². The third kappa shape index (κ3) is 1.87. The summed E-state index contributed by atoms with van der Waals surface area (Å²) in [5.41, 5.74) is 0. The summed E-state index contributed by atoms with van der Waals surface area (Å²) in [5.74, 6) is -0.236. The highest BCUT2D eigenvalue weighted by Crippen LogP contribution is 2.01. The molecule has 0 spiro atoms. The molecule has 1 radical (unpaired) electrons. The average Bonchev–Trinajstić information content (AvgIpc) is 2.04. The molecule has 0 saturated carbocycles. The lowest BCUT2D eigenvalue weighted by atomic mass is 10.3. The largest absolute Gasteiger partial charge is 0.465 e. The molecule has 1 heterocycles. The zero-order valence-corrected chi connectivity index (χ0v) is 6.69. The molecule has 5 nitrogen and oxygen atoms in total. The van der Waals surface area contributed by atoms with Crippen LogP contribution >= 0.6 is 0 Å². The quantitative estimate of drug-likeness (QED) is 0.541. The fourth-order valence-corrected chi connectivity index (χ4v) is 1.15. The molecule has 0 aliphatic carbocycles. The number of carbonyl (C=O) groups is 2. The van der Waals surface area contributed by atoms with Gasteiger partial charge in [-0.2, -0.15) is 0 Å². The average molecular weight is 171 g/mol. The Kier molecular flexibility index (Phi) is 2.52. The third-order valence-corrected chi connectivity index (χ3v) is 1.90. The van der Waals surface area contributed by atoms with Crippen LogP contribution in [0.4, 0.5) is 4.79 Å². The fourth-order valence-electron chi connectivity index (χ4n) is 1.15. The highest BCUT2D eigenvalue weighted by Gasteiger charge is 2.21. The summed E-state index contributed by atoms with van der Waals surface area (Å²) in [6.07, 6.45) is -0.925. The molecular formula is C7H11N2O3. The number of hydrogen-bond acceptors (Lipinski definition) is 2. The van der Waals surface area contributed by atoms with Gasteiger partial charge in [-0.05, 0) is 0 Å². The van der Waals surface area contributed by atoms with Crippen LogP contribution in [-0.4, -0.2) is 53.1 Å². The van der Waals surface area contributed by atoms with Crippen molar-refractivity contribution in [3.63, 3.8) is 0 Å². The number of piperazine rings is 1. The van der Waals surface area contributed by atoms with Crippen molar-refractivity contribution < 1.29 is 14.7 Å². The van der Waals surface area contributed by atoms with E-state index in [1.165, 1.54) is 4.90 Å². The SMILES string of the molecule is [CH2]C(=O)N1CCN(C(=O)O)CC1. The number of rotatable bonds is 0. The van der Waals surface area contributed by atoms with Crippen LogP contribution in [0.2, 0.25) is 0 Å². The van der Waals surface area contributed by atoms with Gasteiger partial charge in [-0.1, -0.05) is 0 Å². The minimum atomic E-state index is -0.925. The monoisotopic (exact) mass is 171 g/mol. The molecule has 12 heavy (non-hydrogen) atoms. The van der Waals surface area contributed by atoms with Crippen LogP contribution in [0.15, 0.2) is 0 Å². The van der Waals surface area contributed by atoms with Crippen LogP contribution in [0.3, 0.4) is 0 Å². The van der Waals surface area contributed by atoms with Gasteiger partial charge in [0.05, 0.1) is 0 Å². The summed E-state index contributed by atoms with van der Waals surface area (Å²) in [6.45, 7) is 4.93. The molecule has 0 aromatic heterocycles. The molecule has 0 aromatic carbocycles. The summed E-state index contributed by atoms with van der Waals surface area (Å²) >= 11 is 0. The van der Waals surface area contributed by atoms with Crippen molar-refractivity contribution in [1.29, 1.82) is 0 Å². The maximum Gasteiger partial charge on any atom is 0.407 e. The molecule has 0 aromatic rings. The minimum Gasteiger partial charge on any atom is -0.465 e. The van der Waals surface area contributed by atoms with Crippen molar-refractivity contribution >= 4 is 12.0 Å². The summed E-state index contributed by atoms with van der Waals surface area (Å²) in [4.78, 5) is 24.0. The van der Waals surface area contributed by atoms with E-state index in [-0.39, 0.29) is 5.91 Å². The summed E-state index contributed by atoms with van der Waals surface area (Å²) < 4.78 is 0. The zero-order valence-electron chi connectivity index (χ0n) is 6.69. The van der Waals surface area contributed by atoms with E-state index in [0.29, 0.717) is 26.2 Å². The predicted molar refractivity (Wildman–Crippen MR) is 41.5 cm³/mol. The Labute approximate surface area is 70.6 Å². The first-order chi connectivity index (χ1) is 5.61. The van der Waals surface area contributed by atoms with Gasteiger partial charge in [0.1, 0.15) is 0 Å². The smallest absolute Gasteiger partial charge is 0.407 e. The van der Waals surface area contributed by atoms with Crippen molar-refractivity contribution in [2.45, 2.75) is 0 Å². The Morgan fingerprint density at radius 2 is 1.50 bits per heavy atom. The molecular weight excluding hydrogens is 160 g/mol. The summed E-state index contributed by atoms with van der Waals surface area (Å²) in [7, 11) is 0. The lowest BCUT2D eigenvalue weighted by molar-refractivity contribution is -0.127. The molecule has 2 amide bonds. The fraction of sp³-hybridized carbons (Fsp3) is 0.571. The van der Waals surface area contributed by atoms with Gasteiger partial charge in [-0.3, -0.25) is 4.79 Å². The molecule has 1 saturated heterocycles. The van der Waals surface area contributed by atoms with Crippen molar-refractivity contribution in [2.24, 2.45) is 0 Å². The minimum absolute atomic E-state index is 0.236. The van der Waals surface area contributed by atoms with Crippen molar-refractivity contribution in [3.05, 3.63) is 6.92 Å². The zero-order chi connectivity index (χ0) is 9.14. The Bertz CT molecular complexity index is 175. The first kappa shape index (κ1) is 8.83.